The van der Waals surface area contributed by atoms with Crippen LogP contribution in [0.3, 0.4) is 0 Å². The highest BCUT2D eigenvalue weighted by Gasteiger charge is 2.15. The van der Waals surface area contributed by atoms with Gasteiger partial charge >= 0.3 is 5.97 Å². The third-order valence-electron chi connectivity index (χ3n) is 2.34. The number of methoxy groups -OCH3 is 1. The van der Waals surface area contributed by atoms with Crippen LogP contribution in [0.2, 0.25) is 0 Å². The zero-order chi connectivity index (χ0) is 14.4. The summed E-state index contributed by atoms with van der Waals surface area (Å²) in [4.78, 5) is 28.2. The lowest BCUT2D eigenvalue weighted by Crippen LogP contribution is -2.15. The van der Waals surface area contributed by atoms with Gasteiger partial charge in [-0.3, -0.25) is 9.78 Å². The molecular formula is C13H12N2O3S2. The van der Waals surface area contributed by atoms with E-state index in [-0.39, 0.29) is 11.7 Å². The summed E-state index contributed by atoms with van der Waals surface area (Å²) in [5.41, 5.74) is 0.375. The number of ether oxygens (including phenoxy) is 1. The smallest absolute Gasteiger partial charge is 0.340 e. The highest BCUT2D eigenvalue weighted by molar-refractivity contribution is 8.00. The molecule has 0 radical (unpaired) electrons. The van der Waals surface area contributed by atoms with Crippen molar-refractivity contribution in [1.82, 2.24) is 4.98 Å². The van der Waals surface area contributed by atoms with Crippen LogP contribution in [0.5, 0.6) is 0 Å². The number of pyridine rings is 1. The molecule has 20 heavy (non-hydrogen) atoms. The molecule has 0 aliphatic heterocycles. The second kappa shape index (κ2) is 7.06. The predicted octanol–water partition coefficient (Wildman–Crippen LogP) is 2.66. The highest BCUT2D eigenvalue weighted by atomic mass is 32.2. The molecule has 2 aromatic rings. The van der Waals surface area contributed by atoms with Crippen LogP contribution in [0.15, 0.2) is 40.9 Å². The molecule has 2 rings (SSSR count). The Morgan fingerprint density at radius 2 is 2.10 bits per heavy atom. The molecule has 0 fully saturated rings. The SMILES string of the molecule is COC(=O)c1ccsc1NC(=O)CSc1ccncc1. The van der Waals surface area contributed by atoms with E-state index >= 15 is 0 Å². The fourth-order valence-corrected chi connectivity index (χ4v) is 2.90. The van der Waals surface area contributed by atoms with Crippen LogP contribution in [0.4, 0.5) is 5.00 Å². The molecule has 5 nitrogen and oxygen atoms in total. The number of nitrogens with zero attached hydrogens (tertiary/aromatic N) is 1. The third-order valence-corrected chi connectivity index (χ3v) is 4.19. The van der Waals surface area contributed by atoms with Gasteiger partial charge in [-0.25, -0.2) is 4.79 Å². The Morgan fingerprint density at radius 1 is 1.35 bits per heavy atom. The van der Waals surface area contributed by atoms with E-state index in [9.17, 15) is 9.59 Å². The van der Waals surface area contributed by atoms with Crippen molar-refractivity contribution < 1.29 is 14.3 Å². The van der Waals surface area contributed by atoms with Crippen molar-refractivity contribution in [3.63, 3.8) is 0 Å². The van der Waals surface area contributed by atoms with Gasteiger partial charge in [0.25, 0.3) is 0 Å². The van der Waals surface area contributed by atoms with Gasteiger partial charge in [-0.1, -0.05) is 0 Å². The molecule has 1 N–H and O–H groups in total. The van der Waals surface area contributed by atoms with Crippen LogP contribution < -0.4 is 5.32 Å². The van der Waals surface area contributed by atoms with Crippen LogP contribution in [0, 0.1) is 0 Å². The van der Waals surface area contributed by atoms with Crippen molar-refractivity contribution in [3.8, 4) is 0 Å². The number of carbonyl (C=O) groups is 2. The number of nitrogens with one attached hydrogen (secondary N) is 1. The fraction of sp³-hybridized carbons (Fsp3) is 0.154. The summed E-state index contributed by atoms with van der Waals surface area (Å²) in [7, 11) is 1.31. The summed E-state index contributed by atoms with van der Waals surface area (Å²) in [6.45, 7) is 0. The Labute approximate surface area is 124 Å². The summed E-state index contributed by atoms with van der Waals surface area (Å²) in [5, 5.41) is 4.96. The van der Waals surface area contributed by atoms with Crippen molar-refractivity contribution in [2.75, 3.05) is 18.2 Å². The lowest BCUT2D eigenvalue weighted by atomic mass is 10.3. The van der Waals surface area contributed by atoms with Crippen LogP contribution in [0.25, 0.3) is 0 Å². The lowest BCUT2D eigenvalue weighted by molar-refractivity contribution is -0.113. The third kappa shape index (κ3) is 3.82. The van der Waals surface area contributed by atoms with Crippen molar-refractivity contribution in [3.05, 3.63) is 41.5 Å². The molecule has 104 valence electrons. The van der Waals surface area contributed by atoms with Crippen molar-refractivity contribution in [2.45, 2.75) is 4.90 Å². The van der Waals surface area contributed by atoms with Crippen LogP contribution >= 0.6 is 23.1 Å². The number of anilines is 1. The molecule has 0 aromatic carbocycles. The fourth-order valence-electron chi connectivity index (χ4n) is 1.42. The Bertz CT molecular complexity index is 599. The highest BCUT2D eigenvalue weighted by Crippen LogP contribution is 2.24. The molecule has 0 saturated carbocycles. The van der Waals surface area contributed by atoms with Gasteiger partial charge in [0, 0.05) is 17.3 Å². The number of hydrogen-bond acceptors (Lipinski definition) is 6. The Morgan fingerprint density at radius 3 is 2.80 bits per heavy atom. The molecule has 0 aliphatic rings. The van der Waals surface area contributed by atoms with E-state index in [1.165, 1.54) is 30.2 Å². The predicted molar refractivity (Wildman–Crippen MR) is 79.2 cm³/mol. The van der Waals surface area contributed by atoms with Crippen molar-refractivity contribution in [2.24, 2.45) is 0 Å². The van der Waals surface area contributed by atoms with E-state index in [0.717, 1.165) is 4.90 Å². The lowest BCUT2D eigenvalue weighted by Gasteiger charge is -2.05. The zero-order valence-corrected chi connectivity index (χ0v) is 12.3. The van der Waals surface area contributed by atoms with E-state index in [1.807, 2.05) is 12.1 Å². The summed E-state index contributed by atoms with van der Waals surface area (Å²) in [6, 6.07) is 5.30. The molecule has 0 saturated heterocycles. The molecule has 0 unspecified atom stereocenters. The minimum atomic E-state index is -0.455. The first kappa shape index (κ1) is 14.5. The van der Waals surface area contributed by atoms with Gasteiger partial charge in [0.1, 0.15) is 5.00 Å². The number of hydrogen-bond donors (Lipinski definition) is 1. The standard InChI is InChI=1S/C13H12N2O3S2/c1-18-13(17)10-4-7-19-12(10)15-11(16)8-20-9-2-5-14-6-3-9/h2-7H,8H2,1H3,(H,15,16). The minimum absolute atomic E-state index is 0.167. The van der Waals surface area contributed by atoms with Gasteiger partial charge in [-0.15, -0.1) is 23.1 Å². The Kier molecular flexibility index (Phi) is 5.14. The number of esters is 1. The summed E-state index contributed by atoms with van der Waals surface area (Å²) in [5.74, 6) is -0.356. The normalized spacial score (nSPS) is 10.1. The maximum Gasteiger partial charge on any atom is 0.340 e. The van der Waals surface area contributed by atoms with E-state index < -0.39 is 5.97 Å². The maximum atomic E-state index is 11.9. The molecular weight excluding hydrogens is 296 g/mol. The van der Waals surface area contributed by atoms with Gasteiger partial charge in [0.2, 0.25) is 5.91 Å². The van der Waals surface area contributed by atoms with E-state index in [4.69, 9.17) is 0 Å². The average Bonchev–Trinajstić information content (AvgIpc) is 2.93. The number of thioether (sulfide) groups is 1. The minimum Gasteiger partial charge on any atom is -0.465 e. The van der Waals surface area contributed by atoms with E-state index in [1.54, 1.807) is 23.8 Å². The van der Waals surface area contributed by atoms with Crippen LogP contribution in [-0.2, 0) is 9.53 Å². The average molecular weight is 308 g/mol. The molecule has 2 heterocycles. The molecule has 7 heteroatoms. The first-order valence-corrected chi connectivity index (χ1v) is 7.55. The van der Waals surface area contributed by atoms with Crippen LogP contribution in [-0.4, -0.2) is 29.7 Å². The van der Waals surface area contributed by atoms with Gasteiger partial charge < -0.3 is 10.1 Å². The zero-order valence-electron chi connectivity index (χ0n) is 10.7. The summed E-state index contributed by atoms with van der Waals surface area (Å²) >= 11 is 2.70. The quantitative estimate of drug-likeness (QED) is 0.679. The molecule has 0 bridgehead atoms. The van der Waals surface area contributed by atoms with Crippen molar-refractivity contribution >= 4 is 40.0 Å². The van der Waals surface area contributed by atoms with Gasteiger partial charge in [-0.2, -0.15) is 0 Å². The number of rotatable bonds is 5. The number of carbonyl (C=O) groups excluding carboxylic acids is 2. The van der Waals surface area contributed by atoms with Gasteiger partial charge in [0.05, 0.1) is 18.4 Å². The van der Waals surface area contributed by atoms with Gasteiger partial charge in [0.15, 0.2) is 0 Å². The Balaban J connectivity index is 1.92. The number of thiophene rings is 1. The molecule has 1 amide bonds. The number of amides is 1. The summed E-state index contributed by atoms with van der Waals surface area (Å²) < 4.78 is 4.65. The monoisotopic (exact) mass is 308 g/mol. The van der Waals surface area contributed by atoms with E-state index in [2.05, 4.69) is 15.0 Å². The second-order valence-corrected chi connectivity index (χ2v) is 5.64. The first-order chi connectivity index (χ1) is 9.70. The van der Waals surface area contributed by atoms with Crippen molar-refractivity contribution in [1.29, 1.82) is 0 Å². The van der Waals surface area contributed by atoms with Gasteiger partial charge in [-0.05, 0) is 23.6 Å². The number of aromatic nitrogens is 1. The Hall–Kier alpha value is -1.86. The van der Waals surface area contributed by atoms with Crippen LogP contribution in [0.1, 0.15) is 10.4 Å². The molecule has 2 aromatic heterocycles. The van der Waals surface area contributed by atoms with E-state index in [0.29, 0.717) is 10.6 Å². The topological polar surface area (TPSA) is 68.3 Å². The molecule has 0 aliphatic carbocycles. The summed E-state index contributed by atoms with van der Waals surface area (Å²) in [6.07, 6.45) is 3.35. The maximum absolute atomic E-state index is 11.9. The molecule has 0 spiro atoms. The largest absolute Gasteiger partial charge is 0.465 e. The first-order valence-electron chi connectivity index (χ1n) is 5.69. The molecule has 0 atom stereocenters. The second-order valence-electron chi connectivity index (χ2n) is 3.67.